The zero-order valence-electron chi connectivity index (χ0n) is 10.4. The molecule has 2 aliphatic rings. The van der Waals surface area contributed by atoms with E-state index in [1.54, 1.807) is 0 Å². The zero-order chi connectivity index (χ0) is 12.4. The van der Waals surface area contributed by atoms with Crippen LogP contribution in [0.5, 0.6) is 5.75 Å². The second kappa shape index (κ2) is 4.88. The number of aliphatic imine (C=N–C) groups is 1. The zero-order valence-corrected chi connectivity index (χ0v) is 10.4. The molecule has 1 fully saturated rings. The summed E-state index contributed by atoms with van der Waals surface area (Å²) in [5.74, 6) is 2.28. The van der Waals surface area contributed by atoms with E-state index in [2.05, 4.69) is 16.4 Å². The van der Waals surface area contributed by atoms with E-state index in [1.807, 2.05) is 18.2 Å². The SMILES string of the molecule is NC(=NCC1CC1)NC1CCOc2ccccc21. The van der Waals surface area contributed by atoms with Gasteiger partial charge < -0.3 is 15.8 Å². The van der Waals surface area contributed by atoms with E-state index >= 15 is 0 Å². The highest BCUT2D eigenvalue weighted by Gasteiger charge is 2.22. The van der Waals surface area contributed by atoms with Gasteiger partial charge in [0.05, 0.1) is 12.6 Å². The van der Waals surface area contributed by atoms with E-state index in [1.165, 1.54) is 18.4 Å². The standard InChI is InChI=1S/C14H19N3O/c15-14(16-9-10-5-6-10)17-12-7-8-18-13-4-2-1-3-11(12)13/h1-4,10,12H,5-9H2,(H3,15,16,17). The molecule has 1 aliphatic carbocycles. The van der Waals surface area contributed by atoms with Gasteiger partial charge in [-0.3, -0.25) is 4.99 Å². The lowest BCUT2D eigenvalue weighted by atomic mass is 10.0. The third-order valence-electron chi connectivity index (χ3n) is 3.50. The highest BCUT2D eigenvalue weighted by molar-refractivity contribution is 5.78. The third kappa shape index (κ3) is 2.58. The fourth-order valence-electron chi connectivity index (χ4n) is 2.24. The van der Waals surface area contributed by atoms with Crippen molar-refractivity contribution in [2.45, 2.75) is 25.3 Å². The predicted molar refractivity (Wildman–Crippen MR) is 71.6 cm³/mol. The molecular weight excluding hydrogens is 226 g/mol. The first kappa shape index (κ1) is 11.4. The molecule has 0 amide bonds. The van der Waals surface area contributed by atoms with Crippen LogP contribution in [0.2, 0.25) is 0 Å². The monoisotopic (exact) mass is 245 g/mol. The van der Waals surface area contributed by atoms with Crippen LogP contribution in [0.1, 0.15) is 30.9 Å². The van der Waals surface area contributed by atoms with Crippen molar-refractivity contribution in [2.75, 3.05) is 13.2 Å². The molecule has 4 nitrogen and oxygen atoms in total. The molecule has 1 aromatic rings. The van der Waals surface area contributed by atoms with E-state index in [4.69, 9.17) is 10.5 Å². The van der Waals surface area contributed by atoms with Gasteiger partial charge in [0.1, 0.15) is 5.75 Å². The summed E-state index contributed by atoms with van der Waals surface area (Å²) in [6.45, 7) is 1.59. The van der Waals surface area contributed by atoms with Gasteiger partial charge in [0.2, 0.25) is 0 Å². The maximum atomic E-state index is 5.94. The molecule has 0 saturated heterocycles. The molecular formula is C14H19N3O. The van der Waals surface area contributed by atoms with E-state index in [0.717, 1.165) is 31.2 Å². The lowest BCUT2D eigenvalue weighted by Crippen LogP contribution is -2.37. The predicted octanol–water partition coefficient (Wildman–Crippen LogP) is 1.82. The fraction of sp³-hybridized carbons (Fsp3) is 0.500. The van der Waals surface area contributed by atoms with Crippen molar-refractivity contribution in [3.63, 3.8) is 0 Å². The van der Waals surface area contributed by atoms with Gasteiger partial charge >= 0.3 is 0 Å². The largest absolute Gasteiger partial charge is 0.493 e. The number of fused-ring (bicyclic) bond motifs is 1. The maximum absolute atomic E-state index is 5.94. The van der Waals surface area contributed by atoms with Gasteiger partial charge in [0, 0.05) is 18.5 Å². The number of nitrogens with one attached hydrogen (secondary N) is 1. The number of guanidine groups is 1. The smallest absolute Gasteiger partial charge is 0.189 e. The number of ether oxygens (including phenoxy) is 1. The molecule has 0 spiro atoms. The Balaban J connectivity index is 1.67. The minimum absolute atomic E-state index is 0.220. The Morgan fingerprint density at radius 2 is 2.17 bits per heavy atom. The van der Waals surface area contributed by atoms with E-state index in [-0.39, 0.29) is 6.04 Å². The Morgan fingerprint density at radius 3 is 3.00 bits per heavy atom. The van der Waals surface area contributed by atoms with Crippen molar-refractivity contribution >= 4 is 5.96 Å². The van der Waals surface area contributed by atoms with Gasteiger partial charge in [-0.05, 0) is 24.8 Å². The fourth-order valence-corrected chi connectivity index (χ4v) is 2.24. The van der Waals surface area contributed by atoms with Gasteiger partial charge in [-0.2, -0.15) is 0 Å². The molecule has 3 N–H and O–H groups in total. The lowest BCUT2D eigenvalue weighted by molar-refractivity contribution is 0.262. The highest BCUT2D eigenvalue weighted by Crippen LogP contribution is 2.31. The van der Waals surface area contributed by atoms with Gasteiger partial charge in [0.15, 0.2) is 5.96 Å². The first-order valence-electron chi connectivity index (χ1n) is 6.61. The second-order valence-electron chi connectivity index (χ2n) is 5.04. The molecule has 4 heteroatoms. The molecule has 1 aromatic carbocycles. The molecule has 0 radical (unpaired) electrons. The quantitative estimate of drug-likeness (QED) is 0.631. The molecule has 1 unspecified atom stereocenters. The van der Waals surface area contributed by atoms with E-state index in [0.29, 0.717) is 5.96 Å². The van der Waals surface area contributed by atoms with Crippen LogP contribution >= 0.6 is 0 Å². The average Bonchev–Trinajstić information content (AvgIpc) is 3.21. The summed E-state index contributed by atoms with van der Waals surface area (Å²) in [5, 5.41) is 3.31. The Kier molecular flexibility index (Phi) is 3.09. The molecule has 0 bridgehead atoms. The van der Waals surface area contributed by atoms with Crippen molar-refractivity contribution in [1.82, 2.24) is 5.32 Å². The molecule has 0 aromatic heterocycles. The summed E-state index contributed by atoms with van der Waals surface area (Å²) < 4.78 is 5.62. The summed E-state index contributed by atoms with van der Waals surface area (Å²) in [7, 11) is 0. The molecule has 96 valence electrons. The Hall–Kier alpha value is -1.71. The topological polar surface area (TPSA) is 59.6 Å². The van der Waals surface area contributed by atoms with Crippen LogP contribution < -0.4 is 15.8 Å². The molecule has 1 atom stereocenters. The average molecular weight is 245 g/mol. The molecule has 3 rings (SSSR count). The van der Waals surface area contributed by atoms with E-state index < -0.39 is 0 Å². The third-order valence-corrected chi connectivity index (χ3v) is 3.50. The van der Waals surface area contributed by atoms with Crippen LogP contribution in [0.15, 0.2) is 29.3 Å². The number of rotatable bonds is 3. The van der Waals surface area contributed by atoms with Crippen LogP contribution in [-0.4, -0.2) is 19.1 Å². The first-order valence-corrected chi connectivity index (χ1v) is 6.61. The Morgan fingerprint density at radius 1 is 1.33 bits per heavy atom. The normalized spacial score (nSPS) is 23.1. The molecule has 1 aliphatic heterocycles. The summed E-state index contributed by atoms with van der Waals surface area (Å²) in [4.78, 5) is 4.40. The number of hydrogen-bond donors (Lipinski definition) is 2. The van der Waals surface area contributed by atoms with Crippen LogP contribution in [0.4, 0.5) is 0 Å². The van der Waals surface area contributed by atoms with E-state index in [9.17, 15) is 0 Å². The van der Waals surface area contributed by atoms with Crippen molar-refractivity contribution in [3.8, 4) is 5.75 Å². The van der Waals surface area contributed by atoms with Crippen molar-refractivity contribution < 1.29 is 4.74 Å². The number of para-hydroxylation sites is 1. The second-order valence-corrected chi connectivity index (χ2v) is 5.04. The van der Waals surface area contributed by atoms with Crippen molar-refractivity contribution in [2.24, 2.45) is 16.6 Å². The minimum atomic E-state index is 0.220. The summed E-state index contributed by atoms with van der Waals surface area (Å²) in [5.41, 5.74) is 7.11. The number of hydrogen-bond acceptors (Lipinski definition) is 2. The molecule has 18 heavy (non-hydrogen) atoms. The maximum Gasteiger partial charge on any atom is 0.189 e. The van der Waals surface area contributed by atoms with Gasteiger partial charge in [-0.15, -0.1) is 0 Å². The van der Waals surface area contributed by atoms with Crippen LogP contribution in [-0.2, 0) is 0 Å². The van der Waals surface area contributed by atoms with Crippen LogP contribution in [0.25, 0.3) is 0 Å². The Labute approximate surface area is 107 Å². The van der Waals surface area contributed by atoms with Crippen molar-refractivity contribution in [3.05, 3.63) is 29.8 Å². The molecule has 1 heterocycles. The number of nitrogens with zero attached hydrogens (tertiary/aromatic N) is 1. The summed E-state index contributed by atoms with van der Waals surface area (Å²) in [6.07, 6.45) is 3.53. The highest BCUT2D eigenvalue weighted by atomic mass is 16.5. The summed E-state index contributed by atoms with van der Waals surface area (Å²) in [6, 6.07) is 8.32. The van der Waals surface area contributed by atoms with Crippen LogP contribution in [0.3, 0.4) is 0 Å². The van der Waals surface area contributed by atoms with Gasteiger partial charge in [-0.25, -0.2) is 0 Å². The van der Waals surface area contributed by atoms with Crippen molar-refractivity contribution in [1.29, 1.82) is 0 Å². The first-order chi connectivity index (χ1) is 8.83. The lowest BCUT2D eigenvalue weighted by Gasteiger charge is -2.26. The van der Waals surface area contributed by atoms with Crippen LogP contribution in [0, 0.1) is 5.92 Å². The minimum Gasteiger partial charge on any atom is -0.493 e. The Bertz CT molecular complexity index is 454. The number of benzene rings is 1. The van der Waals surface area contributed by atoms with Gasteiger partial charge in [0.25, 0.3) is 0 Å². The van der Waals surface area contributed by atoms with Gasteiger partial charge in [-0.1, -0.05) is 18.2 Å². The number of nitrogens with two attached hydrogens (primary N) is 1. The molecule has 1 saturated carbocycles. The summed E-state index contributed by atoms with van der Waals surface area (Å²) >= 11 is 0.